The highest BCUT2D eigenvalue weighted by Gasteiger charge is 2.26. The van der Waals surface area contributed by atoms with Crippen LogP contribution in [0.4, 0.5) is 11.4 Å². The van der Waals surface area contributed by atoms with Gasteiger partial charge in [0, 0.05) is 24.5 Å². The molecule has 2 heterocycles. The Kier molecular flexibility index (Phi) is 5.60. The lowest BCUT2D eigenvalue weighted by Crippen LogP contribution is -2.43. The second-order valence-electron chi connectivity index (χ2n) is 7.42. The Morgan fingerprint density at radius 3 is 2.58 bits per heavy atom. The van der Waals surface area contributed by atoms with Gasteiger partial charge in [-0.25, -0.2) is 0 Å². The summed E-state index contributed by atoms with van der Waals surface area (Å²) in [6.45, 7) is 9.32. The molecule has 0 radical (unpaired) electrons. The number of aryl methyl sites for hydroxylation is 3. The Balaban J connectivity index is 1.83. The molecule has 0 saturated carbocycles. The van der Waals surface area contributed by atoms with Gasteiger partial charge in [-0.05, 0) is 63.6 Å². The van der Waals surface area contributed by atoms with Crippen LogP contribution in [0.2, 0.25) is 0 Å². The van der Waals surface area contributed by atoms with E-state index in [-0.39, 0.29) is 5.91 Å². The van der Waals surface area contributed by atoms with Crippen molar-refractivity contribution in [1.82, 2.24) is 9.88 Å². The number of piperidine rings is 1. The molecule has 1 amide bonds. The zero-order valence-corrected chi connectivity index (χ0v) is 16.3. The number of carbonyl (C=O) groups excluding carboxylic acids is 1. The van der Waals surface area contributed by atoms with Crippen LogP contribution in [0.1, 0.15) is 59.7 Å². The van der Waals surface area contributed by atoms with Crippen LogP contribution < -0.4 is 5.32 Å². The number of pyridine rings is 1. The van der Waals surface area contributed by atoms with E-state index in [4.69, 9.17) is 0 Å². The van der Waals surface area contributed by atoms with E-state index in [1.54, 1.807) is 12.4 Å². The van der Waals surface area contributed by atoms with Gasteiger partial charge in [-0.15, -0.1) is 0 Å². The average molecular weight is 351 g/mol. The minimum absolute atomic E-state index is 0.102. The summed E-state index contributed by atoms with van der Waals surface area (Å²) < 4.78 is 0. The summed E-state index contributed by atoms with van der Waals surface area (Å²) in [7, 11) is 0. The molecule has 0 aliphatic carbocycles. The molecule has 0 bridgehead atoms. The first-order valence-electron chi connectivity index (χ1n) is 9.60. The third-order valence-corrected chi connectivity index (χ3v) is 5.29. The van der Waals surface area contributed by atoms with Crippen LogP contribution in [0.15, 0.2) is 30.6 Å². The number of anilines is 2. The predicted molar refractivity (Wildman–Crippen MR) is 107 cm³/mol. The number of carbonyl (C=O) groups is 1. The third kappa shape index (κ3) is 3.90. The van der Waals surface area contributed by atoms with Crippen LogP contribution in [0.5, 0.6) is 0 Å². The number of amides is 1. The average Bonchev–Trinajstić information content (AvgIpc) is 2.64. The van der Waals surface area contributed by atoms with Crippen LogP contribution >= 0.6 is 0 Å². The van der Waals surface area contributed by atoms with Gasteiger partial charge in [0.05, 0.1) is 17.4 Å². The molecule has 1 unspecified atom stereocenters. The number of rotatable bonds is 4. The molecule has 2 aromatic rings. The van der Waals surface area contributed by atoms with Crippen molar-refractivity contribution in [1.29, 1.82) is 0 Å². The molecular weight excluding hydrogens is 322 g/mol. The van der Waals surface area contributed by atoms with E-state index < -0.39 is 0 Å². The van der Waals surface area contributed by atoms with Crippen LogP contribution in [0, 0.1) is 20.8 Å². The lowest BCUT2D eigenvalue weighted by Gasteiger charge is -2.35. The molecule has 1 saturated heterocycles. The Bertz CT molecular complexity index is 777. The molecule has 3 rings (SSSR count). The van der Waals surface area contributed by atoms with Crippen LogP contribution in [-0.4, -0.2) is 28.4 Å². The van der Waals surface area contributed by atoms with Crippen LogP contribution in [-0.2, 0) is 0 Å². The highest BCUT2D eigenvalue weighted by Crippen LogP contribution is 2.27. The maximum absolute atomic E-state index is 13.0. The fourth-order valence-electron chi connectivity index (χ4n) is 4.01. The molecule has 138 valence electrons. The minimum atomic E-state index is 0.102. The summed E-state index contributed by atoms with van der Waals surface area (Å²) in [6.07, 6.45) is 7.89. The van der Waals surface area contributed by atoms with Gasteiger partial charge in [0.1, 0.15) is 0 Å². The van der Waals surface area contributed by atoms with Gasteiger partial charge in [0.25, 0.3) is 5.91 Å². The minimum Gasteiger partial charge on any atom is -0.354 e. The largest absolute Gasteiger partial charge is 0.354 e. The van der Waals surface area contributed by atoms with Crippen molar-refractivity contribution in [3.8, 4) is 0 Å². The fourth-order valence-corrected chi connectivity index (χ4v) is 4.01. The smallest absolute Gasteiger partial charge is 0.255 e. The number of benzene rings is 1. The number of nitrogens with zero attached hydrogens (tertiary/aromatic N) is 2. The van der Waals surface area contributed by atoms with E-state index in [0.29, 0.717) is 11.6 Å². The molecule has 1 atom stereocenters. The number of hydrogen-bond acceptors (Lipinski definition) is 3. The molecule has 1 aliphatic heterocycles. The molecule has 4 nitrogen and oxygen atoms in total. The van der Waals surface area contributed by atoms with Crippen molar-refractivity contribution in [3.05, 3.63) is 52.8 Å². The van der Waals surface area contributed by atoms with Gasteiger partial charge in [-0.2, -0.15) is 0 Å². The van der Waals surface area contributed by atoms with E-state index in [2.05, 4.69) is 50.1 Å². The SMILES string of the molecule is CCC1CCCCN1C(=O)c1cncc(Nc2c(C)cc(C)cc2C)c1. The van der Waals surface area contributed by atoms with Crippen LogP contribution in [0.3, 0.4) is 0 Å². The molecule has 1 fully saturated rings. The van der Waals surface area contributed by atoms with E-state index >= 15 is 0 Å². The predicted octanol–water partition coefficient (Wildman–Crippen LogP) is 5.16. The van der Waals surface area contributed by atoms with Gasteiger partial charge in [-0.3, -0.25) is 9.78 Å². The molecule has 1 N–H and O–H groups in total. The van der Waals surface area contributed by atoms with Crippen molar-refractivity contribution in [2.75, 3.05) is 11.9 Å². The molecule has 1 aromatic carbocycles. The van der Waals surface area contributed by atoms with Gasteiger partial charge in [0.2, 0.25) is 0 Å². The first-order chi connectivity index (χ1) is 12.5. The normalized spacial score (nSPS) is 17.2. The molecule has 1 aromatic heterocycles. The number of nitrogens with one attached hydrogen (secondary N) is 1. The Labute approximate surface area is 156 Å². The highest BCUT2D eigenvalue weighted by molar-refractivity contribution is 5.95. The second kappa shape index (κ2) is 7.90. The lowest BCUT2D eigenvalue weighted by atomic mass is 9.99. The summed E-state index contributed by atoms with van der Waals surface area (Å²) >= 11 is 0. The standard InChI is InChI=1S/C22H29N3O/c1-5-20-8-6-7-9-25(20)22(26)18-12-19(14-23-13-18)24-21-16(3)10-15(2)11-17(21)4/h10-14,20,24H,5-9H2,1-4H3. The van der Waals surface area contributed by atoms with E-state index in [0.717, 1.165) is 37.2 Å². The quantitative estimate of drug-likeness (QED) is 0.828. The van der Waals surface area contributed by atoms with Gasteiger partial charge >= 0.3 is 0 Å². The van der Waals surface area contributed by atoms with Gasteiger partial charge in [0.15, 0.2) is 0 Å². The maximum atomic E-state index is 13.0. The molecule has 1 aliphatic rings. The zero-order chi connectivity index (χ0) is 18.7. The summed E-state index contributed by atoms with van der Waals surface area (Å²) in [5.41, 5.74) is 6.26. The molecular formula is C22H29N3O. The van der Waals surface area contributed by atoms with E-state index in [1.165, 1.54) is 23.1 Å². The Morgan fingerprint density at radius 2 is 1.88 bits per heavy atom. The van der Waals surface area contributed by atoms with Crippen LogP contribution in [0.25, 0.3) is 0 Å². The third-order valence-electron chi connectivity index (χ3n) is 5.29. The highest BCUT2D eigenvalue weighted by atomic mass is 16.2. The lowest BCUT2D eigenvalue weighted by molar-refractivity contribution is 0.0607. The molecule has 0 spiro atoms. The Hall–Kier alpha value is -2.36. The first-order valence-corrected chi connectivity index (χ1v) is 9.60. The maximum Gasteiger partial charge on any atom is 0.255 e. The molecule has 26 heavy (non-hydrogen) atoms. The monoisotopic (exact) mass is 351 g/mol. The van der Waals surface area contributed by atoms with Gasteiger partial charge in [-0.1, -0.05) is 24.6 Å². The molecule has 4 heteroatoms. The topological polar surface area (TPSA) is 45.2 Å². The van der Waals surface area contributed by atoms with Crippen molar-refractivity contribution in [2.24, 2.45) is 0 Å². The van der Waals surface area contributed by atoms with E-state index in [1.807, 2.05) is 11.0 Å². The Morgan fingerprint density at radius 1 is 1.15 bits per heavy atom. The van der Waals surface area contributed by atoms with E-state index in [9.17, 15) is 4.79 Å². The van der Waals surface area contributed by atoms with Crippen molar-refractivity contribution in [3.63, 3.8) is 0 Å². The summed E-state index contributed by atoms with van der Waals surface area (Å²) in [6, 6.07) is 6.61. The number of hydrogen-bond donors (Lipinski definition) is 1. The fraction of sp³-hybridized carbons (Fsp3) is 0.455. The number of likely N-dealkylation sites (tertiary alicyclic amines) is 1. The number of aromatic nitrogens is 1. The van der Waals surface area contributed by atoms with Crippen molar-refractivity contribution >= 4 is 17.3 Å². The zero-order valence-electron chi connectivity index (χ0n) is 16.3. The van der Waals surface area contributed by atoms with Crippen molar-refractivity contribution in [2.45, 2.75) is 59.4 Å². The second-order valence-corrected chi connectivity index (χ2v) is 7.42. The van der Waals surface area contributed by atoms with Crippen molar-refractivity contribution < 1.29 is 4.79 Å². The summed E-state index contributed by atoms with van der Waals surface area (Å²) in [4.78, 5) is 19.4. The first kappa shape index (κ1) is 18.4. The van der Waals surface area contributed by atoms with Gasteiger partial charge < -0.3 is 10.2 Å². The summed E-state index contributed by atoms with van der Waals surface area (Å²) in [5, 5.41) is 3.46. The summed E-state index contributed by atoms with van der Waals surface area (Å²) in [5.74, 6) is 0.102.